The van der Waals surface area contributed by atoms with Gasteiger partial charge in [0.15, 0.2) is 0 Å². The van der Waals surface area contributed by atoms with Crippen molar-refractivity contribution in [2.45, 2.75) is 34.9 Å². The summed E-state index contributed by atoms with van der Waals surface area (Å²) in [4.78, 5) is 3.63. The van der Waals surface area contributed by atoms with Crippen LogP contribution in [0.5, 0.6) is 0 Å². The van der Waals surface area contributed by atoms with Crippen molar-refractivity contribution >= 4 is 44.8 Å². The summed E-state index contributed by atoms with van der Waals surface area (Å²) in [6.45, 7) is 1.77. The molecule has 8 heteroatoms. The van der Waals surface area contributed by atoms with Gasteiger partial charge in [-0.1, -0.05) is 27.7 Å². The fourth-order valence-electron chi connectivity index (χ4n) is 3.58. The summed E-state index contributed by atoms with van der Waals surface area (Å²) in [5.74, 6) is 0. The molecular formula is C18H17BrF3N3S. The molecule has 2 aromatic carbocycles. The Morgan fingerprint density at radius 3 is 2.54 bits per heavy atom. The fourth-order valence-corrected chi connectivity index (χ4v) is 5.29. The zero-order valence-electron chi connectivity index (χ0n) is 13.7. The van der Waals surface area contributed by atoms with Crippen molar-refractivity contribution < 1.29 is 13.2 Å². The maximum atomic E-state index is 13.3. The van der Waals surface area contributed by atoms with E-state index < -0.39 is 11.7 Å². The summed E-state index contributed by atoms with van der Waals surface area (Å²) < 4.78 is 40.7. The summed E-state index contributed by atoms with van der Waals surface area (Å²) in [6.07, 6.45) is -2.58. The van der Waals surface area contributed by atoms with E-state index in [1.54, 1.807) is 0 Å². The lowest BCUT2D eigenvalue weighted by molar-refractivity contribution is -0.137. The van der Waals surface area contributed by atoms with Crippen LogP contribution in [0.25, 0.3) is 0 Å². The number of alkyl halides is 3. The Kier molecular flexibility index (Phi) is 4.61. The van der Waals surface area contributed by atoms with E-state index in [4.69, 9.17) is 5.73 Å². The number of nitrogens with two attached hydrogens (primary N) is 1. The molecule has 0 bridgehead atoms. The SMILES string of the molecule is Nc1cc(C(F)(F)F)cc2c1N(C1CCNCC1)c1ccc(Br)cc1S2. The summed E-state index contributed by atoms with van der Waals surface area (Å²) in [5.41, 5.74) is 7.32. The van der Waals surface area contributed by atoms with Crippen molar-refractivity contribution in [3.05, 3.63) is 40.4 Å². The standard InChI is InChI=1S/C18H17BrF3N3S/c19-11-1-2-14-15(9-11)26-16-8-10(18(20,21)22)7-13(23)17(16)25(14)12-3-5-24-6-4-12/h1-2,7-9,12,24H,3-6,23H2. The summed E-state index contributed by atoms with van der Waals surface area (Å²) in [7, 11) is 0. The van der Waals surface area contributed by atoms with Crippen molar-refractivity contribution in [1.29, 1.82) is 0 Å². The molecule has 0 unspecified atom stereocenters. The second-order valence-electron chi connectivity index (χ2n) is 6.48. The third-order valence-corrected chi connectivity index (χ3v) is 6.32. The van der Waals surface area contributed by atoms with E-state index in [-0.39, 0.29) is 11.7 Å². The molecule has 2 aromatic rings. The molecule has 0 aliphatic carbocycles. The summed E-state index contributed by atoms with van der Waals surface area (Å²) in [5, 5.41) is 3.34. The van der Waals surface area contributed by atoms with Crippen molar-refractivity contribution in [1.82, 2.24) is 5.32 Å². The van der Waals surface area contributed by atoms with Crippen LogP contribution in [-0.4, -0.2) is 19.1 Å². The molecule has 2 heterocycles. The van der Waals surface area contributed by atoms with Crippen molar-refractivity contribution in [2.75, 3.05) is 23.7 Å². The van der Waals surface area contributed by atoms with Gasteiger partial charge < -0.3 is 16.0 Å². The van der Waals surface area contributed by atoms with Gasteiger partial charge in [0.2, 0.25) is 0 Å². The maximum Gasteiger partial charge on any atom is 0.416 e. The Morgan fingerprint density at radius 2 is 1.85 bits per heavy atom. The molecule has 3 N–H and O–H groups in total. The number of piperidine rings is 1. The van der Waals surface area contributed by atoms with Gasteiger partial charge in [-0.3, -0.25) is 0 Å². The Labute approximate surface area is 162 Å². The van der Waals surface area contributed by atoms with E-state index in [0.717, 1.165) is 47.1 Å². The van der Waals surface area contributed by atoms with Crippen LogP contribution in [-0.2, 0) is 6.18 Å². The third-order valence-electron chi connectivity index (χ3n) is 4.75. The van der Waals surface area contributed by atoms with E-state index in [1.165, 1.54) is 17.8 Å². The lowest BCUT2D eigenvalue weighted by atomic mass is 10.0. The topological polar surface area (TPSA) is 41.3 Å². The lowest BCUT2D eigenvalue weighted by Gasteiger charge is -2.41. The second-order valence-corrected chi connectivity index (χ2v) is 8.47. The first kappa shape index (κ1) is 18.0. The van der Waals surface area contributed by atoms with E-state index in [2.05, 4.69) is 26.1 Å². The predicted octanol–water partition coefficient (Wildman–Crippen LogP) is 5.40. The van der Waals surface area contributed by atoms with Gasteiger partial charge in [-0.2, -0.15) is 13.2 Å². The summed E-state index contributed by atoms with van der Waals surface area (Å²) >= 11 is 4.80. The average Bonchev–Trinajstić information content (AvgIpc) is 2.59. The molecule has 138 valence electrons. The van der Waals surface area contributed by atoms with Gasteiger partial charge in [-0.25, -0.2) is 0 Å². The molecule has 0 aromatic heterocycles. The van der Waals surface area contributed by atoms with Crippen molar-refractivity contribution in [3.63, 3.8) is 0 Å². The highest BCUT2D eigenvalue weighted by Crippen LogP contribution is 2.54. The minimum absolute atomic E-state index is 0.175. The molecule has 0 amide bonds. The number of hydrogen-bond acceptors (Lipinski definition) is 4. The van der Waals surface area contributed by atoms with Gasteiger partial charge >= 0.3 is 6.18 Å². The van der Waals surface area contributed by atoms with Gasteiger partial charge in [0, 0.05) is 20.3 Å². The Morgan fingerprint density at radius 1 is 1.12 bits per heavy atom. The number of rotatable bonds is 1. The minimum Gasteiger partial charge on any atom is -0.397 e. The molecule has 1 saturated heterocycles. The number of anilines is 3. The smallest absolute Gasteiger partial charge is 0.397 e. The molecule has 4 rings (SSSR count). The van der Waals surface area contributed by atoms with E-state index in [9.17, 15) is 13.2 Å². The first-order valence-corrected chi connectivity index (χ1v) is 9.93. The first-order chi connectivity index (χ1) is 12.3. The molecule has 26 heavy (non-hydrogen) atoms. The maximum absolute atomic E-state index is 13.3. The quantitative estimate of drug-likeness (QED) is 0.578. The molecule has 0 atom stereocenters. The van der Waals surface area contributed by atoms with Gasteiger partial charge in [0.25, 0.3) is 0 Å². The van der Waals surface area contributed by atoms with Gasteiger partial charge in [0.1, 0.15) is 0 Å². The summed E-state index contributed by atoms with van der Waals surface area (Å²) in [6, 6.07) is 8.39. The lowest BCUT2D eigenvalue weighted by Crippen LogP contribution is -2.42. The van der Waals surface area contributed by atoms with Crippen LogP contribution in [0.2, 0.25) is 0 Å². The number of benzene rings is 2. The molecule has 1 fully saturated rings. The number of halogens is 4. The minimum atomic E-state index is -4.42. The van der Waals surface area contributed by atoms with Crippen molar-refractivity contribution in [2.24, 2.45) is 0 Å². The zero-order valence-corrected chi connectivity index (χ0v) is 16.1. The monoisotopic (exact) mass is 443 g/mol. The number of nitrogen functional groups attached to an aromatic ring is 1. The average molecular weight is 444 g/mol. The van der Waals surface area contributed by atoms with Gasteiger partial charge in [0.05, 0.1) is 22.6 Å². The molecular weight excluding hydrogens is 427 g/mol. The molecule has 0 radical (unpaired) electrons. The Balaban J connectivity index is 1.89. The number of nitrogens with zero attached hydrogens (tertiary/aromatic N) is 1. The Bertz CT molecular complexity index is 850. The van der Waals surface area contributed by atoms with Crippen LogP contribution in [0.15, 0.2) is 44.6 Å². The number of fused-ring (bicyclic) bond motifs is 2. The second kappa shape index (κ2) is 6.65. The van der Waals surface area contributed by atoms with E-state index in [0.29, 0.717) is 10.6 Å². The van der Waals surface area contributed by atoms with Crippen LogP contribution < -0.4 is 16.0 Å². The van der Waals surface area contributed by atoms with Crippen LogP contribution in [0.1, 0.15) is 18.4 Å². The van der Waals surface area contributed by atoms with E-state index >= 15 is 0 Å². The first-order valence-electron chi connectivity index (χ1n) is 8.32. The van der Waals surface area contributed by atoms with Gasteiger partial charge in [-0.05, 0) is 56.3 Å². The number of nitrogens with one attached hydrogen (secondary N) is 1. The third kappa shape index (κ3) is 3.18. The molecule has 2 aliphatic heterocycles. The highest BCUT2D eigenvalue weighted by molar-refractivity contribution is 9.10. The molecule has 2 aliphatic rings. The van der Waals surface area contributed by atoms with Crippen LogP contribution in [0.4, 0.5) is 30.2 Å². The van der Waals surface area contributed by atoms with Crippen molar-refractivity contribution in [3.8, 4) is 0 Å². The van der Waals surface area contributed by atoms with Gasteiger partial charge in [-0.15, -0.1) is 0 Å². The predicted molar refractivity (Wildman–Crippen MR) is 102 cm³/mol. The highest BCUT2D eigenvalue weighted by atomic mass is 79.9. The molecule has 0 spiro atoms. The fraction of sp³-hybridized carbons (Fsp3) is 0.333. The Hall–Kier alpha value is -1.38. The normalized spacial score (nSPS) is 17.8. The molecule has 3 nitrogen and oxygen atoms in total. The highest BCUT2D eigenvalue weighted by Gasteiger charge is 2.36. The van der Waals surface area contributed by atoms with Crippen LogP contribution in [0, 0.1) is 0 Å². The zero-order chi connectivity index (χ0) is 18.5. The largest absolute Gasteiger partial charge is 0.416 e. The van der Waals surface area contributed by atoms with Crippen LogP contribution in [0.3, 0.4) is 0 Å². The van der Waals surface area contributed by atoms with E-state index in [1.807, 2.05) is 18.2 Å². The molecule has 0 saturated carbocycles. The van der Waals surface area contributed by atoms with Crippen LogP contribution >= 0.6 is 27.7 Å². The number of hydrogen-bond donors (Lipinski definition) is 2.